The van der Waals surface area contributed by atoms with Gasteiger partial charge in [-0.25, -0.2) is 14.8 Å². The first-order chi connectivity index (χ1) is 18.0. The lowest BCUT2D eigenvalue weighted by Gasteiger charge is -2.19. The van der Waals surface area contributed by atoms with Crippen LogP contribution in [0.4, 0.5) is 10.6 Å². The number of phenolic OH excluding ortho intramolecular Hbond substituents is 1. The number of fused-ring (bicyclic) bond motifs is 1. The maximum atomic E-state index is 10.7. The van der Waals surface area contributed by atoms with E-state index in [1.807, 2.05) is 62.4 Å². The lowest BCUT2D eigenvalue weighted by molar-refractivity contribution is 0.142. The van der Waals surface area contributed by atoms with Crippen LogP contribution in [-0.4, -0.2) is 41.3 Å². The summed E-state index contributed by atoms with van der Waals surface area (Å²) in [5, 5.41) is 13.6. The summed E-state index contributed by atoms with van der Waals surface area (Å²) in [5.74, 6) is 1.78. The average molecular weight is 501 g/mol. The van der Waals surface area contributed by atoms with Crippen LogP contribution in [0.25, 0.3) is 22.3 Å². The highest BCUT2D eigenvalue weighted by atomic mass is 16.5. The van der Waals surface area contributed by atoms with Crippen LogP contribution in [-0.2, 0) is 11.3 Å². The van der Waals surface area contributed by atoms with Crippen LogP contribution in [0.1, 0.15) is 37.8 Å². The second kappa shape index (κ2) is 13.8. The third-order valence-corrected chi connectivity index (χ3v) is 5.80. The molecular weight excluding hydrogens is 464 g/mol. The Morgan fingerprint density at radius 2 is 1.65 bits per heavy atom. The summed E-state index contributed by atoms with van der Waals surface area (Å²) in [6, 6.07) is 23.1. The summed E-state index contributed by atoms with van der Waals surface area (Å²) in [6.07, 6.45) is 1.99. The maximum absolute atomic E-state index is 10.7. The molecule has 37 heavy (non-hydrogen) atoms. The minimum absolute atomic E-state index is 0.215. The SMILES string of the molecule is CC.CNC(=O)OCc1ccccc1.Cc1ccc2c(N3CCCC3)nc(-c3ccccc3O)nc2c1. The third-order valence-electron chi connectivity index (χ3n) is 5.80. The molecule has 0 saturated carbocycles. The highest BCUT2D eigenvalue weighted by Gasteiger charge is 2.19. The minimum atomic E-state index is -0.404. The predicted octanol–water partition coefficient (Wildman–Crippen LogP) is 6.48. The van der Waals surface area contributed by atoms with E-state index in [9.17, 15) is 9.90 Å². The Bertz CT molecular complexity index is 1290. The molecular formula is C30H36N4O3. The van der Waals surface area contributed by atoms with E-state index in [-0.39, 0.29) is 5.75 Å². The van der Waals surface area contributed by atoms with E-state index in [1.54, 1.807) is 6.07 Å². The second-order valence-electron chi connectivity index (χ2n) is 8.41. The van der Waals surface area contributed by atoms with Gasteiger partial charge in [0, 0.05) is 25.5 Å². The molecule has 0 spiro atoms. The Morgan fingerprint density at radius 3 is 2.32 bits per heavy atom. The molecule has 194 valence electrons. The number of amides is 1. The van der Waals surface area contributed by atoms with E-state index in [2.05, 4.69) is 35.3 Å². The number of aromatic nitrogens is 2. The summed E-state index contributed by atoms with van der Waals surface area (Å²) in [7, 11) is 1.54. The number of nitrogens with zero attached hydrogens (tertiary/aromatic N) is 3. The lowest BCUT2D eigenvalue weighted by atomic mass is 10.1. The molecule has 1 aromatic heterocycles. The number of nitrogens with one attached hydrogen (secondary N) is 1. The largest absolute Gasteiger partial charge is 0.507 e. The highest BCUT2D eigenvalue weighted by Crippen LogP contribution is 2.33. The highest BCUT2D eigenvalue weighted by molar-refractivity contribution is 5.92. The van der Waals surface area contributed by atoms with Crippen molar-refractivity contribution in [3.05, 3.63) is 83.9 Å². The van der Waals surface area contributed by atoms with Gasteiger partial charge in [-0.15, -0.1) is 0 Å². The first-order valence-corrected chi connectivity index (χ1v) is 12.8. The average Bonchev–Trinajstić information content (AvgIpc) is 3.48. The molecule has 0 atom stereocenters. The molecule has 0 radical (unpaired) electrons. The fourth-order valence-corrected chi connectivity index (χ4v) is 3.97. The molecule has 5 rings (SSSR count). The molecule has 0 bridgehead atoms. The number of rotatable bonds is 4. The molecule has 7 nitrogen and oxygen atoms in total. The van der Waals surface area contributed by atoms with Crippen molar-refractivity contribution in [2.45, 2.75) is 40.2 Å². The van der Waals surface area contributed by atoms with Gasteiger partial charge in [-0.05, 0) is 55.2 Å². The number of carbonyl (C=O) groups excluding carboxylic acids is 1. The molecule has 1 fully saturated rings. The molecule has 0 unspecified atom stereocenters. The molecule has 4 aromatic rings. The van der Waals surface area contributed by atoms with Gasteiger partial charge in [0.1, 0.15) is 18.2 Å². The van der Waals surface area contributed by atoms with Gasteiger partial charge in [-0.3, -0.25) is 0 Å². The zero-order valence-corrected chi connectivity index (χ0v) is 22.1. The van der Waals surface area contributed by atoms with Gasteiger partial charge < -0.3 is 20.1 Å². The van der Waals surface area contributed by atoms with Crippen LogP contribution in [0.2, 0.25) is 0 Å². The van der Waals surface area contributed by atoms with Crippen molar-refractivity contribution in [2.24, 2.45) is 0 Å². The van der Waals surface area contributed by atoms with Crippen molar-refractivity contribution in [1.82, 2.24) is 15.3 Å². The summed E-state index contributed by atoms with van der Waals surface area (Å²) in [6.45, 7) is 8.44. The smallest absolute Gasteiger partial charge is 0.407 e. The number of anilines is 1. The fourth-order valence-electron chi connectivity index (χ4n) is 3.97. The minimum Gasteiger partial charge on any atom is -0.507 e. The maximum Gasteiger partial charge on any atom is 0.407 e. The zero-order valence-electron chi connectivity index (χ0n) is 22.1. The van der Waals surface area contributed by atoms with E-state index >= 15 is 0 Å². The molecule has 1 aliphatic heterocycles. The number of hydrogen-bond donors (Lipinski definition) is 2. The summed E-state index contributed by atoms with van der Waals surface area (Å²) >= 11 is 0. The van der Waals surface area contributed by atoms with Crippen LogP contribution < -0.4 is 10.2 Å². The Labute approximate surface area is 219 Å². The van der Waals surface area contributed by atoms with Crippen molar-refractivity contribution in [3.8, 4) is 17.1 Å². The molecule has 0 aliphatic carbocycles. The number of ether oxygens (including phenoxy) is 1. The number of benzene rings is 3. The summed E-state index contributed by atoms with van der Waals surface area (Å²) in [4.78, 5) is 22.5. The first kappa shape index (κ1) is 27.5. The van der Waals surface area contributed by atoms with E-state index in [0.717, 1.165) is 35.4 Å². The third kappa shape index (κ3) is 7.43. The van der Waals surface area contributed by atoms with Gasteiger partial charge in [0.25, 0.3) is 0 Å². The molecule has 2 N–H and O–H groups in total. The Kier molecular flexibility index (Phi) is 10.3. The number of aromatic hydroxyl groups is 1. The van der Waals surface area contributed by atoms with E-state index in [0.29, 0.717) is 18.0 Å². The summed E-state index contributed by atoms with van der Waals surface area (Å²) in [5.41, 5.74) is 3.77. The van der Waals surface area contributed by atoms with Gasteiger partial charge in [0.2, 0.25) is 0 Å². The number of para-hydroxylation sites is 1. The van der Waals surface area contributed by atoms with Crippen molar-refractivity contribution >= 4 is 22.8 Å². The molecule has 1 aliphatic rings. The normalized spacial score (nSPS) is 12.2. The van der Waals surface area contributed by atoms with E-state index in [1.165, 1.54) is 25.5 Å². The topological polar surface area (TPSA) is 87.6 Å². The van der Waals surface area contributed by atoms with Crippen LogP contribution >= 0.6 is 0 Å². The predicted molar refractivity (Wildman–Crippen MR) is 150 cm³/mol. The lowest BCUT2D eigenvalue weighted by Crippen LogP contribution is -2.20. The second-order valence-corrected chi connectivity index (χ2v) is 8.41. The van der Waals surface area contributed by atoms with E-state index in [4.69, 9.17) is 14.7 Å². The Balaban J connectivity index is 0.000000231. The van der Waals surface area contributed by atoms with Crippen LogP contribution in [0.3, 0.4) is 0 Å². The van der Waals surface area contributed by atoms with Gasteiger partial charge in [0.05, 0.1) is 11.1 Å². The molecule has 1 amide bonds. The van der Waals surface area contributed by atoms with Crippen LogP contribution in [0.5, 0.6) is 5.75 Å². The van der Waals surface area contributed by atoms with Gasteiger partial charge >= 0.3 is 6.09 Å². The zero-order chi connectivity index (χ0) is 26.6. The van der Waals surface area contributed by atoms with Crippen LogP contribution in [0.15, 0.2) is 72.8 Å². The van der Waals surface area contributed by atoms with Crippen molar-refractivity contribution in [3.63, 3.8) is 0 Å². The Morgan fingerprint density at radius 1 is 0.973 bits per heavy atom. The Hall–Kier alpha value is -4.13. The first-order valence-electron chi connectivity index (χ1n) is 12.8. The van der Waals surface area contributed by atoms with Crippen molar-refractivity contribution in [2.75, 3.05) is 25.0 Å². The number of aryl methyl sites for hydroxylation is 1. The molecule has 7 heteroatoms. The number of hydrogen-bond acceptors (Lipinski definition) is 6. The van der Waals surface area contributed by atoms with E-state index < -0.39 is 6.09 Å². The van der Waals surface area contributed by atoms with Crippen molar-refractivity contribution < 1.29 is 14.6 Å². The monoisotopic (exact) mass is 500 g/mol. The van der Waals surface area contributed by atoms with Gasteiger partial charge in [0.15, 0.2) is 5.82 Å². The van der Waals surface area contributed by atoms with Crippen molar-refractivity contribution in [1.29, 1.82) is 0 Å². The molecule has 1 saturated heterocycles. The number of phenols is 1. The fraction of sp³-hybridized carbons (Fsp3) is 0.300. The quantitative estimate of drug-likeness (QED) is 0.333. The molecule has 3 aromatic carbocycles. The summed E-state index contributed by atoms with van der Waals surface area (Å²) < 4.78 is 4.83. The van der Waals surface area contributed by atoms with Gasteiger partial charge in [-0.1, -0.05) is 62.4 Å². The molecule has 2 heterocycles. The van der Waals surface area contributed by atoms with Crippen LogP contribution in [0, 0.1) is 6.92 Å². The number of alkyl carbamates (subject to hydrolysis) is 1. The number of carbonyl (C=O) groups is 1. The van der Waals surface area contributed by atoms with Gasteiger partial charge in [-0.2, -0.15) is 0 Å². The standard InChI is InChI=1S/C19H19N3O.C9H11NO2.C2H6/c1-13-8-9-14-16(12-13)20-18(15-6-2-3-7-17(15)23)21-19(14)22-10-4-5-11-22;1-10-9(11)12-7-8-5-3-2-4-6-8;1-2/h2-3,6-9,12,23H,4-5,10-11H2,1H3;2-6H,7H2,1H3,(H,10,11);1-2H3.